The number of amides is 1. The van der Waals surface area contributed by atoms with Crippen molar-refractivity contribution < 1.29 is 4.79 Å². The first kappa shape index (κ1) is 12.1. The molecule has 1 saturated carbocycles. The van der Waals surface area contributed by atoms with Crippen LogP contribution in [0, 0.1) is 0 Å². The van der Waals surface area contributed by atoms with E-state index in [9.17, 15) is 4.79 Å². The third kappa shape index (κ3) is 2.06. The van der Waals surface area contributed by atoms with E-state index in [1.165, 1.54) is 12.8 Å². The van der Waals surface area contributed by atoms with Crippen LogP contribution in [-0.2, 0) is 10.3 Å². The fourth-order valence-corrected chi connectivity index (χ4v) is 3.34. The highest BCUT2D eigenvalue weighted by atomic mass is 32.1. The predicted molar refractivity (Wildman–Crippen MR) is 71.4 cm³/mol. The minimum absolute atomic E-state index is 0.0248. The summed E-state index contributed by atoms with van der Waals surface area (Å²) in [6.07, 6.45) is 5.17. The van der Waals surface area contributed by atoms with Gasteiger partial charge in [-0.2, -0.15) is 0 Å². The molecule has 1 unspecified atom stereocenters. The molecule has 3 rings (SSSR count). The summed E-state index contributed by atoms with van der Waals surface area (Å²) in [5.41, 5.74) is -0.286. The molecule has 98 valence electrons. The standard InChI is InChI=1S/C13H19N3OS/c1-13(2,12-14-6-8-18-12)16-7-5-10(11(16)17)15-9-3-4-9/h6,8-10,15H,3-5,7H2,1-2H3. The second kappa shape index (κ2) is 4.31. The molecule has 1 aliphatic heterocycles. The van der Waals surface area contributed by atoms with Crippen LogP contribution in [0.3, 0.4) is 0 Å². The maximum atomic E-state index is 12.5. The number of carbonyl (C=O) groups excluding carboxylic acids is 1. The fourth-order valence-electron chi connectivity index (χ4n) is 2.57. The molecule has 1 aromatic heterocycles. The molecule has 2 aliphatic rings. The molecule has 5 heteroatoms. The van der Waals surface area contributed by atoms with Crippen LogP contribution in [0.5, 0.6) is 0 Å². The third-order valence-electron chi connectivity index (χ3n) is 3.85. The lowest BCUT2D eigenvalue weighted by Crippen LogP contribution is -2.47. The number of carbonyl (C=O) groups is 1. The van der Waals surface area contributed by atoms with Crippen LogP contribution in [0.2, 0.25) is 0 Å². The highest BCUT2D eigenvalue weighted by molar-refractivity contribution is 7.09. The number of nitrogens with zero attached hydrogens (tertiary/aromatic N) is 2. The fraction of sp³-hybridized carbons (Fsp3) is 0.692. The lowest BCUT2D eigenvalue weighted by Gasteiger charge is -2.34. The number of aromatic nitrogens is 1. The van der Waals surface area contributed by atoms with Gasteiger partial charge in [0.15, 0.2) is 0 Å². The van der Waals surface area contributed by atoms with Gasteiger partial charge in [0, 0.05) is 24.2 Å². The van der Waals surface area contributed by atoms with Crippen molar-refractivity contribution >= 4 is 17.2 Å². The predicted octanol–water partition coefficient (Wildman–Crippen LogP) is 1.73. The average Bonchev–Trinajstić information content (AvgIpc) is 2.84. The second-order valence-electron chi connectivity index (χ2n) is 5.67. The summed E-state index contributed by atoms with van der Waals surface area (Å²) in [5.74, 6) is 0.238. The monoisotopic (exact) mass is 265 g/mol. The van der Waals surface area contributed by atoms with E-state index >= 15 is 0 Å². The van der Waals surface area contributed by atoms with E-state index in [2.05, 4.69) is 24.1 Å². The van der Waals surface area contributed by atoms with Gasteiger partial charge in [-0.3, -0.25) is 4.79 Å². The normalized spacial score (nSPS) is 24.9. The number of nitrogens with one attached hydrogen (secondary N) is 1. The van der Waals surface area contributed by atoms with Gasteiger partial charge in [0.05, 0.1) is 11.6 Å². The molecule has 1 aromatic rings. The zero-order valence-corrected chi connectivity index (χ0v) is 11.7. The van der Waals surface area contributed by atoms with E-state index in [0.717, 1.165) is 18.0 Å². The van der Waals surface area contributed by atoms with Crippen molar-refractivity contribution in [3.63, 3.8) is 0 Å². The number of likely N-dealkylation sites (tertiary alicyclic amines) is 1. The van der Waals surface area contributed by atoms with Gasteiger partial charge in [-0.25, -0.2) is 4.98 Å². The molecular formula is C13H19N3OS. The Hall–Kier alpha value is -0.940. The summed E-state index contributed by atoms with van der Waals surface area (Å²) >= 11 is 1.62. The van der Waals surface area contributed by atoms with Gasteiger partial charge in [0.2, 0.25) is 5.91 Å². The Labute approximate surface area is 111 Å². The van der Waals surface area contributed by atoms with E-state index in [-0.39, 0.29) is 17.5 Å². The molecule has 0 bridgehead atoms. The molecule has 1 amide bonds. The summed E-state index contributed by atoms with van der Waals surface area (Å²) in [6, 6.07) is 0.610. The Kier molecular flexibility index (Phi) is 2.90. The summed E-state index contributed by atoms with van der Waals surface area (Å²) in [6.45, 7) is 5.00. The van der Waals surface area contributed by atoms with Crippen molar-refractivity contribution in [2.75, 3.05) is 6.54 Å². The Balaban J connectivity index is 1.74. The maximum absolute atomic E-state index is 12.5. The van der Waals surface area contributed by atoms with Crippen LogP contribution >= 0.6 is 11.3 Å². The summed E-state index contributed by atoms with van der Waals surface area (Å²) in [5, 5.41) is 6.43. The van der Waals surface area contributed by atoms with E-state index in [4.69, 9.17) is 0 Å². The molecule has 0 radical (unpaired) electrons. The van der Waals surface area contributed by atoms with E-state index < -0.39 is 0 Å². The molecule has 18 heavy (non-hydrogen) atoms. The largest absolute Gasteiger partial charge is 0.330 e. The number of hydrogen-bond acceptors (Lipinski definition) is 4. The Morgan fingerprint density at radius 2 is 2.22 bits per heavy atom. The van der Waals surface area contributed by atoms with Crippen LogP contribution < -0.4 is 5.32 Å². The quantitative estimate of drug-likeness (QED) is 0.902. The first-order chi connectivity index (χ1) is 8.59. The van der Waals surface area contributed by atoms with E-state index in [0.29, 0.717) is 6.04 Å². The summed E-state index contributed by atoms with van der Waals surface area (Å²) < 4.78 is 0. The number of thiazole rings is 1. The van der Waals surface area contributed by atoms with Gasteiger partial charge < -0.3 is 10.2 Å². The highest BCUT2D eigenvalue weighted by Crippen LogP contribution is 2.33. The molecule has 1 atom stereocenters. The van der Waals surface area contributed by atoms with E-state index in [1.54, 1.807) is 11.3 Å². The number of hydrogen-bond donors (Lipinski definition) is 1. The molecule has 2 fully saturated rings. The van der Waals surface area contributed by atoms with Gasteiger partial charge in [-0.05, 0) is 33.1 Å². The Morgan fingerprint density at radius 1 is 1.44 bits per heavy atom. The Bertz CT molecular complexity index is 439. The maximum Gasteiger partial charge on any atom is 0.240 e. The molecule has 1 saturated heterocycles. The van der Waals surface area contributed by atoms with Crippen molar-refractivity contribution in [1.82, 2.24) is 15.2 Å². The lowest BCUT2D eigenvalue weighted by atomic mass is 10.0. The minimum atomic E-state index is -0.286. The summed E-state index contributed by atoms with van der Waals surface area (Å²) in [7, 11) is 0. The topological polar surface area (TPSA) is 45.2 Å². The number of rotatable bonds is 4. The first-order valence-electron chi connectivity index (χ1n) is 6.56. The van der Waals surface area contributed by atoms with Gasteiger partial charge >= 0.3 is 0 Å². The average molecular weight is 265 g/mol. The zero-order valence-electron chi connectivity index (χ0n) is 10.8. The van der Waals surface area contributed by atoms with Crippen LogP contribution in [0.1, 0.15) is 38.1 Å². The van der Waals surface area contributed by atoms with Crippen LogP contribution in [0.25, 0.3) is 0 Å². The SMILES string of the molecule is CC(C)(c1nccs1)N1CCC(NC2CC2)C1=O. The first-order valence-corrected chi connectivity index (χ1v) is 7.44. The molecule has 1 N–H and O–H groups in total. The van der Waals surface area contributed by atoms with E-state index in [1.807, 2.05) is 16.5 Å². The molecule has 0 aromatic carbocycles. The van der Waals surface area contributed by atoms with Gasteiger partial charge in [0.1, 0.15) is 5.01 Å². The summed E-state index contributed by atoms with van der Waals surface area (Å²) in [4.78, 5) is 18.8. The molecule has 4 nitrogen and oxygen atoms in total. The second-order valence-corrected chi connectivity index (χ2v) is 6.56. The van der Waals surface area contributed by atoms with Crippen molar-refractivity contribution in [2.45, 2.75) is 50.7 Å². The molecule has 0 spiro atoms. The molecule has 2 heterocycles. The third-order valence-corrected chi connectivity index (χ3v) is 4.94. The van der Waals surface area contributed by atoms with Crippen molar-refractivity contribution in [3.05, 3.63) is 16.6 Å². The van der Waals surface area contributed by atoms with Crippen LogP contribution in [0.15, 0.2) is 11.6 Å². The molecular weight excluding hydrogens is 246 g/mol. The lowest BCUT2D eigenvalue weighted by molar-refractivity contribution is -0.134. The van der Waals surface area contributed by atoms with Gasteiger partial charge in [-0.1, -0.05) is 0 Å². The minimum Gasteiger partial charge on any atom is -0.330 e. The van der Waals surface area contributed by atoms with Crippen molar-refractivity contribution in [2.24, 2.45) is 0 Å². The van der Waals surface area contributed by atoms with Gasteiger partial charge in [0.25, 0.3) is 0 Å². The van der Waals surface area contributed by atoms with Crippen molar-refractivity contribution in [3.8, 4) is 0 Å². The van der Waals surface area contributed by atoms with Crippen LogP contribution in [0.4, 0.5) is 0 Å². The van der Waals surface area contributed by atoms with Crippen LogP contribution in [-0.4, -0.2) is 34.4 Å². The molecule has 1 aliphatic carbocycles. The highest BCUT2D eigenvalue weighted by Gasteiger charge is 2.43. The van der Waals surface area contributed by atoms with Crippen molar-refractivity contribution in [1.29, 1.82) is 0 Å². The zero-order chi connectivity index (χ0) is 12.8. The Morgan fingerprint density at radius 3 is 2.83 bits per heavy atom. The van der Waals surface area contributed by atoms with Gasteiger partial charge in [-0.15, -0.1) is 11.3 Å². The smallest absolute Gasteiger partial charge is 0.240 e.